The van der Waals surface area contributed by atoms with Gasteiger partial charge in [0.25, 0.3) is 0 Å². The molecule has 4 amide bonds. The lowest BCUT2D eigenvalue weighted by atomic mass is 10.0. The topological polar surface area (TPSA) is 230 Å². The molecule has 2 aromatic carbocycles. The largest absolute Gasteiger partial charge is 0.480 e. The number of rotatable bonds is 14. The number of aromatic amines is 1. The normalized spacial score (nSPS) is 13.9. The highest BCUT2D eigenvalue weighted by Gasteiger charge is 2.31. The van der Waals surface area contributed by atoms with Crippen LogP contribution in [0.4, 0.5) is 0 Å². The molecule has 1 aromatic heterocycles. The van der Waals surface area contributed by atoms with Crippen LogP contribution < -0.4 is 27.4 Å². The molecule has 0 saturated carbocycles. The number of aliphatic hydroxyl groups excluding tert-OH is 1. The van der Waals surface area contributed by atoms with Gasteiger partial charge in [-0.15, -0.1) is 0 Å². The summed E-state index contributed by atoms with van der Waals surface area (Å²) in [5.41, 5.74) is 12.9. The van der Waals surface area contributed by atoms with Gasteiger partial charge in [-0.3, -0.25) is 19.2 Å². The average Bonchev–Trinajstić information content (AvgIpc) is 3.34. The first-order chi connectivity index (χ1) is 19.1. The quantitative estimate of drug-likeness (QED) is 0.119. The third kappa shape index (κ3) is 8.12. The number of aromatic nitrogens is 1. The Balaban J connectivity index is 1.87. The summed E-state index contributed by atoms with van der Waals surface area (Å²) >= 11 is 0. The second-order valence-corrected chi connectivity index (χ2v) is 9.23. The van der Waals surface area contributed by atoms with Crippen LogP contribution in [0.3, 0.4) is 0 Å². The Hall–Kier alpha value is -4.75. The summed E-state index contributed by atoms with van der Waals surface area (Å²) in [5.74, 6) is -4.81. The number of carbonyl (C=O) groups excluding carboxylic acids is 4. The minimum Gasteiger partial charge on any atom is -0.480 e. The van der Waals surface area contributed by atoms with Crippen molar-refractivity contribution >= 4 is 40.5 Å². The molecule has 0 saturated heterocycles. The van der Waals surface area contributed by atoms with Crippen molar-refractivity contribution in [3.8, 4) is 0 Å². The number of benzene rings is 2. The summed E-state index contributed by atoms with van der Waals surface area (Å²) in [6.45, 7) is -0.708. The van der Waals surface area contributed by atoms with Crippen LogP contribution in [-0.2, 0) is 36.8 Å². The van der Waals surface area contributed by atoms with Gasteiger partial charge in [-0.05, 0) is 17.2 Å². The molecule has 0 aliphatic heterocycles. The highest BCUT2D eigenvalue weighted by Crippen LogP contribution is 2.19. The lowest BCUT2D eigenvalue weighted by Gasteiger charge is -2.24. The molecule has 0 aliphatic carbocycles. The van der Waals surface area contributed by atoms with Gasteiger partial charge in [0.1, 0.15) is 24.2 Å². The van der Waals surface area contributed by atoms with Crippen molar-refractivity contribution in [3.63, 3.8) is 0 Å². The summed E-state index contributed by atoms with van der Waals surface area (Å²) in [7, 11) is 0. The number of primary amides is 1. The zero-order valence-electron chi connectivity index (χ0n) is 21.5. The monoisotopic (exact) mass is 552 g/mol. The van der Waals surface area contributed by atoms with Gasteiger partial charge in [-0.2, -0.15) is 0 Å². The van der Waals surface area contributed by atoms with Crippen molar-refractivity contribution < 1.29 is 34.2 Å². The summed E-state index contributed by atoms with van der Waals surface area (Å²) in [4.78, 5) is 65.5. The van der Waals surface area contributed by atoms with E-state index in [0.29, 0.717) is 11.1 Å². The molecule has 3 rings (SSSR count). The molecule has 10 N–H and O–H groups in total. The van der Waals surface area contributed by atoms with Crippen molar-refractivity contribution in [1.82, 2.24) is 20.9 Å². The summed E-state index contributed by atoms with van der Waals surface area (Å²) in [6, 6.07) is 10.5. The van der Waals surface area contributed by atoms with Crippen LogP contribution in [0.25, 0.3) is 10.9 Å². The van der Waals surface area contributed by atoms with E-state index in [2.05, 4.69) is 20.9 Å². The Morgan fingerprint density at radius 1 is 0.800 bits per heavy atom. The molecular weight excluding hydrogens is 520 g/mol. The van der Waals surface area contributed by atoms with Gasteiger partial charge in [-0.25, -0.2) is 4.79 Å². The molecule has 1 heterocycles. The molecule has 3 aromatic rings. The van der Waals surface area contributed by atoms with Crippen molar-refractivity contribution in [2.75, 3.05) is 6.61 Å². The first-order valence-electron chi connectivity index (χ1n) is 12.5. The van der Waals surface area contributed by atoms with Crippen molar-refractivity contribution in [3.05, 3.63) is 71.9 Å². The highest BCUT2D eigenvalue weighted by atomic mass is 16.4. The van der Waals surface area contributed by atoms with E-state index < -0.39 is 66.8 Å². The zero-order valence-corrected chi connectivity index (χ0v) is 21.5. The maximum Gasteiger partial charge on any atom is 0.326 e. The van der Waals surface area contributed by atoms with Gasteiger partial charge in [0, 0.05) is 29.9 Å². The van der Waals surface area contributed by atoms with Crippen LogP contribution in [0.2, 0.25) is 0 Å². The van der Waals surface area contributed by atoms with Crippen LogP contribution in [0.5, 0.6) is 0 Å². The van der Waals surface area contributed by atoms with Gasteiger partial charge in [0.15, 0.2) is 0 Å². The number of fused-ring (bicyclic) bond motifs is 1. The summed E-state index contributed by atoms with van der Waals surface area (Å²) in [6.07, 6.45) is 1.00. The van der Waals surface area contributed by atoms with Gasteiger partial charge < -0.3 is 42.6 Å². The SMILES string of the molecule is NC(=O)CC(NC(=O)C(N)CO)C(=O)NC(Cc1c[nH]c2ccccc12)C(=O)NC(Cc1ccccc1)C(=O)O. The first-order valence-corrected chi connectivity index (χ1v) is 12.5. The first kappa shape index (κ1) is 29.8. The van der Waals surface area contributed by atoms with Gasteiger partial charge in [0.05, 0.1) is 13.0 Å². The van der Waals surface area contributed by atoms with Crippen LogP contribution in [0.1, 0.15) is 17.5 Å². The summed E-state index contributed by atoms with van der Waals surface area (Å²) in [5, 5.41) is 26.9. The van der Waals surface area contributed by atoms with Crippen molar-refractivity contribution in [2.45, 2.75) is 43.4 Å². The Kier molecular flexibility index (Phi) is 10.3. The number of amides is 4. The number of aliphatic hydroxyl groups is 1. The van der Waals surface area contributed by atoms with E-state index in [1.165, 1.54) is 0 Å². The number of carboxylic acid groups (broad SMARTS) is 1. The Labute approximate surface area is 229 Å². The fourth-order valence-electron chi connectivity index (χ4n) is 4.10. The fourth-order valence-corrected chi connectivity index (χ4v) is 4.10. The third-order valence-corrected chi connectivity index (χ3v) is 6.20. The number of carboxylic acids is 1. The molecular formula is C27H32N6O7. The molecule has 0 spiro atoms. The average molecular weight is 553 g/mol. The minimum atomic E-state index is -1.50. The Morgan fingerprint density at radius 2 is 1.40 bits per heavy atom. The van der Waals surface area contributed by atoms with Gasteiger partial charge >= 0.3 is 5.97 Å². The van der Waals surface area contributed by atoms with E-state index in [4.69, 9.17) is 16.6 Å². The van der Waals surface area contributed by atoms with Crippen molar-refractivity contribution in [1.29, 1.82) is 0 Å². The molecule has 0 radical (unpaired) electrons. The predicted molar refractivity (Wildman–Crippen MR) is 144 cm³/mol. The summed E-state index contributed by atoms with van der Waals surface area (Å²) < 4.78 is 0. The highest BCUT2D eigenvalue weighted by molar-refractivity contribution is 5.96. The van der Waals surface area contributed by atoms with E-state index >= 15 is 0 Å². The lowest BCUT2D eigenvalue weighted by Crippen LogP contribution is -2.58. The Bertz CT molecular complexity index is 1360. The van der Waals surface area contributed by atoms with Crippen LogP contribution in [0.15, 0.2) is 60.8 Å². The van der Waals surface area contributed by atoms with E-state index in [1.807, 2.05) is 18.2 Å². The predicted octanol–water partition coefficient (Wildman–Crippen LogP) is -1.31. The van der Waals surface area contributed by atoms with Crippen molar-refractivity contribution in [2.24, 2.45) is 11.5 Å². The molecule has 13 heteroatoms. The smallest absolute Gasteiger partial charge is 0.326 e. The maximum atomic E-state index is 13.4. The van der Waals surface area contributed by atoms with E-state index in [-0.39, 0.29) is 12.8 Å². The number of para-hydroxylation sites is 1. The molecule has 0 fully saturated rings. The number of hydrogen-bond acceptors (Lipinski definition) is 7. The van der Waals surface area contributed by atoms with E-state index in [0.717, 1.165) is 10.9 Å². The molecule has 212 valence electrons. The molecule has 40 heavy (non-hydrogen) atoms. The van der Waals surface area contributed by atoms with Gasteiger partial charge in [0.2, 0.25) is 23.6 Å². The number of H-pyrrole nitrogens is 1. The van der Waals surface area contributed by atoms with E-state index in [1.54, 1.807) is 42.6 Å². The number of nitrogens with one attached hydrogen (secondary N) is 4. The molecule has 0 bridgehead atoms. The minimum absolute atomic E-state index is 0.00489. The third-order valence-electron chi connectivity index (χ3n) is 6.20. The van der Waals surface area contributed by atoms with Gasteiger partial charge in [-0.1, -0.05) is 48.5 Å². The van der Waals surface area contributed by atoms with Crippen LogP contribution in [-0.4, -0.2) is 75.6 Å². The second kappa shape index (κ2) is 13.9. The van der Waals surface area contributed by atoms with Crippen LogP contribution in [0, 0.1) is 0 Å². The van der Waals surface area contributed by atoms with E-state index in [9.17, 15) is 29.1 Å². The second-order valence-electron chi connectivity index (χ2n) is 9.23. The number of hydrogen-bond donors (Lipinski definition) is 8. The standard InChI is InChI=1S/C27H32N6O7/c28-18(14-34)24(36)31-21(12-23(29)35)26(38)32-20(11-16-13-30-19-9-5-4-8-17(16)19)25(37)33-22(27(39)40)10-15-6-2-1-3-7-15/h1-9,13,18,20-22,30,34H,10-12,14,28H2,(H2,29,35)(H,31,36)(H,32,38)(H,33,37)(H,39,40). The number of carbonyl (C=O) groups is 5. The Morgan fingerprint density at radius 3 is 2.05 bits per heavy atom. The molecule has 0 aliphatic rings. The maximum absolute atomic E-state index is 13.4. The van der Waals surface area contributed by atoms with Crippen LogP contribution >= 0.6 is 0 Å². The number of nitrogens with two attached hydrogens (primary N) is 2. The number of aliphatic carboxylic acids is 1. The zero-order chi connectivity index (χ0) is 29.2. The molecule has 13 nitrogen and oxygen atoms in total. The fraction of sp³-hybridized carbons (Fsp3) is 0.296. The lowest BCUT2D eigenvalue weighted by molar-refractivity contribution is -0.142. The molecule has 4 atom stereocenters. The molecule has 4 unspecified atom stereocenters.